The summed E-state index contributed by atoms with van der Waals surface area (Å²) >= 11 is 0. The third-order valence-corrected chi connectivity index (χ3v) is 5.04. The number of hydrogen-bond acceptors (Lipinski definition) is 2. The SMILES string of the molecule is O=C(O)C1CCN(C2c3ccccc3-c3ccccc32)CC1. The second kappa shape index (κ2) is 5.25. The zero-order valence-corrected chi connectivity index (χ0v) is 12.4. The molecule has 112 valence electrons. The van der Waals surface area contributed by atoms with Crippen molar-refractivity contribution in [3.8, 4) is 11.1 Å². The lowest BCUT2D eigenvalue weighted by Crippen LogP contribution is -2.38. The number of hydrogen-bond donors (Lipinski definition) is 1. The first-order valence-corrected chi connectivity index (χ1v) is 7.91. The van der Waals surface area contributed by atoms with Gasteiger partial charge in [-0.25, -0.2) is 0 Å². The van der Waals surface area contributed by atoms with Gasteiger partial charge in [-0.3, -0.25) is 9.69 Å². The molecule has 1 aliphatic carbocycles. The van der Waals surface area contributed by atoms with Crippen LogP contribution in [0.4, 0.5) is 0 Å². The lowest BCUT2D eigenvalue weighted by Gasteiger charge is -2.35. The molecule has 2 aromatic rings. The Morgan fingerprint density at radius 3 is 1.91 bits per heavy atom. The quantitative estimate of drug-likeness (QED) is 0.920. The van der Waals surface area contributed by atoms with Crippen LogP contribution in [0, 0.1) is 5.92 Å². The summed E-state index contributed by atoms with van der Waals surface area (Å²) in [5, 5.41) is 9.19. The Morgan fingerprint density at radius 1 is 0.909 bits per heavy atom. The number of fused-ring (bicyclic) bond motifs is 3. The second-order valence-corrected chi connectivity index (χ2v) is 6.23. The van der Waals surface area contributed by atoms with Crippen molar-refractivity contribution in [3.05, 3.63) is 59.7 Å². The van der Waals surface area contributed by atoms with E-state index in [4.69, 9.17) is 0 Å². The number of carbonyl (C=O) groups is 1. The molecule has 1 saturated heterocycles. The summed E-state index contributed by atoms with van der Waals surface area (Å²) in [6.45, 7) is 1.70. The van der Waals surface area contributed by atoms with Crippen LogP contribution in [-0.4, -0.2) is 29.1 Å². The van der Waals surface area contributed by atoms with Gasteiger partial charge in [0.25, 0.3) is 0 Å². The van der Waals surface area contributed by atoms with E-state index in [1.165, 1.54) is 22.3 Å². The number of likely N-dealkylation sites (tertiary alicyclic amines) is 1. The smallest absolute Gasteiger partial charge is 0.306 e. The molecule has 0 atom stereocenters. The first kappa shape index (κ1) is 13.5. The second-order valence-electron chi connectivity index (χ2n) is 6.23. The van der Waals surface area contributed by atoms with E-state index in [0.717, 1.165) is 25.9 Å². The van der Waals surface area contributed by atoms with E-state index in [1.54, 1.807) is 0 Å². The van der Waals surface area contributed by atoms with Gasteiger partial charge in [-0.2, -0.15) is 0 Å². The molecule has 22 heavy (non-hydrogen) atoms. The summed E-state index contributed by atoms with van der Waals surface area (Å²) in [6.07, 6.45) is 1.49. The van der Waals surface area contributed by atoms with Gasteiger partial charge in [0.2, 0.25) is 0 Å². The van der Waals surface area contributed by atoms with Crippen LogP contribution in [0.1, 0.15) is 30.0 Å². The van der Waals surface area contributed by atoms with Crippen LogP contribution in [0.2, 0.25) is 0 Å². The Morgan fingerprint density at radius 2 is 1.41 bits per heavy atom. The molecule has 0 amide bonds. The van der Waals surface area contributed by atoms with Crippen molar-refractivity contribution < 1.29 is 9.90 Å². The maximum absolute atomic E-state index is 11.2. The Bertz CT molecular complexity index is 671. The molecular formula is C19H19NO2. The van der Waals surface area contributed by atoms with Gasteiger partial charge in [0.05, 0.1) is 12.0 Å². The lowest BCUT2D eigenvalue weighted by atomic mass is 9.93. The molecule has 1 heterocycles. The van der Waals surface area contributed by atoms with Gasteiger partial charge < -0.3 is 5.11 Å². The van der Waals surface area contributed by atoms with Crippen molar-refractivity contribution in [1.29, 1.82) is 0 Å². The number of carboxylic acid groups (broad SMARTS) is 1. The summed E-state index contributed by atoms with van der Waals surface area (Å²) in [7, 11) is 0. The summed E-state index contributed by atoms with van der Waals surface area (Å²) in [6, 6.07) is 17.5. The van der Waals surface area contributed by atoms with Crippen molar-refractivity contribution in [1.82, 2.24) is 4.90 Å². The van der Waals surface area contributed by atoms with Crippen molar-refractivity contribution in [2.75, 3.05) is 13.1 Å². The zero-order valence-electron chi connectivity index (χ0n) is 12.4. The minimum atomic E-state index is -0.646. The van der Waals surface area contributed by atoms with E-state index in [1.807, 2.05) is 0 Å². The Balaban J connectivity index is 1.69. The predicted molar refractivity (Wildman–Crippen MR) is 85.7 cm³/mol. The molecule has 3 heteroatoms. The van der Waals surface area contributed by atoms with Crippen molar-refractivity contribution in [2.24, 2.45) is 5.92 Å². The molecule has 4 rings (SSSR count). The van der Waals surface area contributed by atoms with Crippen LogP contribution < -0.4 is 0 Å². The highest BCUT2D eigenvalue weighted by molar-refractivity contribution is 5.78. The largest absolute Gasteiger partial charge is 0.481 e. The highest BCUT2D eigenvalue weighted by Gasteiger charge is 2.35. The molecule has 2 aliphatic rings. The van der Waals surface area contributed by atoms with Crippen molar-refractivity contribution in [3.63, 3.8) is 0 Å². The molecule has 1 N–H and O–H groups in total. The lowest BCUT2D eigenvalue weighted by molar-refractivity contribution is -0.143. The van der Waals surface area contributed by atoms with Crippen LogP contribution in [-0.2, 0) is 4.79 Å². The number of nitrogens with zero attached hydrogens (tertiary/aromatic N) is 1. The van der Waals surface area contributed by atoms with Crippen LogP contribution in [0.25, 0.3) is 11.1 Å². The topological polar surface area (TPSA) is 40.5 Å². The molecule has 0 bridgehead atoms. The van der Waals surface area contributed by atoms with Gasteiger partial charge in [-0.15, -0.1) is 0 Å². The molecule has 0 saturated carbocycles. The maximum Gasteiger partial charge on any atom is 0.306 e. The number of benzene rings is 2. The van der Waals surface area contributed by atoms with Crippen molar-refractivity contribution >= 4 is 5.97 Å². The van der Waals surface area contributed by atoms with Crippen LogP contribution in [0.15, 0.2) is 48.5 Å². The fourth-order valence-electron chi connectivity index (χ4n) is 3.93. The fraction of sp³-hybridized carbons (Fsp3) is 0.316. The molecule has 3 nitrogen and oxygen atoms in total. The van der Waals surface area contributed by atoms with Gasteiger partial charge in [0.15, 0.2) is 0 Å². The molecule has 0 aromatic heterocycles. The normalized spacial score (nSPS) is 18.9. The first-order chi connectivity index (χ1) is 10.8. The number of piperidine rings is 1. The Labute approximate surface area is 130 Å². The molecule has 0 spiro atoms. The molecule has 1 aliphatic heterocycles. The van der Waals surface area contributed by atoms with E-state index >= 15 is 0 Å². The predicted octanol–water partition coefficient (Wildman–Crippen LogP) is 3.55. The van der Waals surface area contributed by atoms with Crippen molar-refractivity contribution in [2.45, 2.75) is 18.9 Å². The first-order valence-electron chi connectivity index (χ1n) is 7.91. The number of aliphatic carboxylic acids is 1. The van der Waals surface area contributed by atoms with E-state index in [9.17, 15) is 9.90 Å². The molecule has 0 radical (unpaired) electrons. The number of carboxylic acids is 1. The standard InChI is InChI=1S/C19H19NO2/c21-19(22)13-9-11-20(12-10-13)18-16-7-3-1-5-14(16)15-6-2-4-8-17(15)18/h1-8,13,18H,9-12H2,(H,21,22). The van der Waals surface area contributed by atoms with Crippen LogP contribution in [0.5, 0.6) is 0 Å². The minimum absolute atomic E-state index is 0.178. The summed E-state index contributed by atoms with van der Waals surface area (Å²) in [5.74, 6) is -0.824. The Hall–Kier alpha value is -2.13. The highest BCUT2D eigenvalue weighted by atomic mass is 16.4. The van der Waals surface area contributed by atoms with E-state index in [-0.39, 0.29) is 12.0 Å². The van der Waals surface area contributed by atoms with Gasteiger partial charge in [-0.1, -0.05) is 48.5 Å². The average Bonchev–Trinajstić information content (AvgIpc) is 2.89. The average molecular weight is 293 g/mol. The summed E-state index contributed by atoms with van der Waals surface area (Å²) in [5.41, 5.74) is 5.36. The van der Waals surface area contributed by atoms with Gasteiger partial charge >= 0.3 is 5.97 Å². The monoisotopic (exact) mass is 293 g/mol. The van der Waals surface area contributed by atoms with Gasteiger partial charge in [0, 0.05) is 0 Å². The Kier molecular flexibility index (Phi) is 3.23. The van der Waals surface area contributed by atoms with E-state index in [2.05, 4.69) is 53.4 Å². The highest BCUT2D eigenvalue weighted by Crippen LogP contribution is 2.46. The summed E-state index contributed by atoms with van der Waals surface area (Å²) < 4.78 is 0. The van der Waals surface area contributed by atoms with Crippen LogP contribution in [0.3, 0.4) is 0 Å². The maximum atomic E-state index is 11.2. The third-order valence-electron chi connectivity index (χ3n) is 5.04. The third kappa shape index (κ3) is 2.04. The van der Waals surface area contributed by atoms with Gasteiger partial charge in [-0.05, 0) is 48.2 Å². The zero-order chi connectivity index (χ0) is 15.1. The minimum Gasteiger partial charge on any atom is -0.481 e. The molecular weight excluding hydrogens is 274 g/mol. The fourth-order valence-corrected chi connectivity index (χ4v) is 3.93. The molecule has 2 aromatic carbocycles. The van der Waals surface area contributed by atoms with Crippen LogP contribution >= 0.6 is 0 Å². The molecule has 0 unspecified atom stereocenters. The summed E-state index contributed by atoms with van der Waals surface area (Å²) in [4.78, 5) is 13.6. The number of rotatable bonds is 2. The van der Waals surface area contributed by atoms with E-state index in [0.29, 0.717) is 0 Å². The van der Waals surface area contributed by atoms with Gasteiger partial charge in [0.1, 0.15) is 0 Å². The molecule has 1 fully saturated rings. The van der Waals surface area contributed by atoms with E-state index < -0.39 is 5.97 Å².